The molecule has 2 rings (SSSR count). The summed E-state index contributed by atoms with van der Waals surface area (Å²) in [6.07, 6.45) is -4.83. The first-order valence-corrected chi connectivity index (χ1v) is 7.95. The van der Waals surface area contributed by atoms with E-state index < -0.39 is 33.3 Å². The maximum absolute atomic E-state index is 12.3. The number of hydrogen-bond acceptors (Lipinski definition) is 5. The first-order chi connectivity index (χ1) is 9.99. The Kier molecular flexibility index (Phi) is 4.12. The molecule has 0 unspecified atom stereocenters. The Morgan fingerprint density at radius 2 is 1.95 bits per heavy atom. The van der Waals surface area contributed by atoms with Gasteiger partial charge in [-0.25, -0.2) is 8.42 Å². The van der Waals surface area contributed by atoms with Gasteiger partial charge < -0.3 is 9.57 Å². The quantitative estimate of drug-likeness (QED) is 0.850. The largest absolute Gasteiger partial charge is 0.573 e. The first-order valence-electron chi connectivity index (χ1n) is 6.30. The van der Waals surface area contributed by atoms with Crippen LogP contribution in [-0.2, 0) is 20.4 Å². The molecule has 5 nitrogen and oxygen atoms in total. The van der Waals surface area contributed by atoms with Crippen molar-refractivity contribution in [3.8, 4) is 5.75 Å². The second-order valence-electron chi connectivity index (χ2n) is 5.43. The smallest absolute Gasteiger partial charge is 0.405 e. The predicted molar refractivity (Wildman–Crippen MR) is 73.0 cm³/mol. The van der Waals surface area contributed by atoms with Gasteiger partial charge in [0.1, 0.15) is 11.4 Å². The van der Waals surface area contributed by atoms with Crippen LogP contribution in [0.2, 0.25) is 0 Å². The van der Waals surface area contributed by atoms with Gasteiger partial charge in [0, 0.05) is 12.0 Å². The predicted octanol–water partition coefficient (Wildman–Crippen LogP) is 3.01. The second-order valence-corrected chi connectivity index (χ2v) is 7.42. The Morgan fingerprint density at radius 1 is 1.32 bits per heavy atom. The van der Waals surface area contributed by atoms with Gasteiger partial charge >= 0.3 is 6.36 Å². The third-order valence-electron chi connectivity index (χ3n) is 2.87. The lowest BCUT2D eigenvalue weighted by atomic mass is 10.1. The Morgan fingerprint density at radius 3 is 2.50 bits per heavy atom. The molecule has 9 heteroatoms. The normalized spacial score (nSPS) is 17.8. The standard InChI is InChI=1S/C13H14F3NO4S/c1-12(2)7-11(17-21-12)22(18,19)8-9-5-3-4-6-10(9)20-13(14,15)16/h3-6H,7-8H2,1-2H3. The van der Waals surface area contributed by atoms with E-state index in [1.807, 2.05) is 0 Å². The van der Waals surface area contributed by atoms with Gasteiger partial charge in [-0.3, -0.25) is 0 Å². The highest BCUT2D eigenvalue weighted by atomic mass is 32.2. The molecule has 1 heterocycles. The SMILES string of the molecule is CC1(C)CC(S(=O)(=O)Cc2ccccc2OC(F)(F)F)=NO1. The van der Waals surface area contributed by atoms with Crippen molar-refractivity contribution in [3.63, 3.8) is 0 Å². The second kappa shape index (κ2) is 5.45. The van der Waals surface area contributed by atoms with E-state index in [1.54, 1.807) is 13.8 Å². The molecule has 0 fully saturated rings. The van der Waals surface area contributed by atoms with Crippen molar-refractivity contribution in [2.75, 3.05) is 0 Å². The molecule has 1 aromatic rings. The third kappa shape index (κ3) is 4.12. The van der Waals surface area contributed by atoms with Crippen molar-refractivity contribution in [3.05, 3.63) is 29.8 Å². The summed E-state index contributed by atoms with van der Waals surface area (Å²) in [5, 5.41) is 3.35. The molecule has 1 aromatic carbocycles. The van der Waals surface area contributed by atoms with Gasteiger partial charge in [-0.05, 0) is 19.9 Å². The molecule has 0 saturated heterocycles. The van der Waals surface area contributed by atoms with Crippen molar-refractivity contribution in [1.82, 2.24) is 0 Å². The highest BCUT2D eigenvalue weighted by Gasteiger charge is 2.37. The van der Waals surface area contributed by atoms with Gasteiger partial charge in [0.05, 0.1) is 5.75 Å². The topological polar surface area (TPSA) is 65.0 Å². The molecule has 0 radical (unpaired) electrons. The van der Waals surface area contributed by atoms with Gasteiger partial charge in [0.15, 0.2) is 14.9 Å². The van der Waals surface area contributed by atoms with Crippen LogP contribution in [-0.4, -0.2) is 25.4 Å². The van der Waals surface area contributed by atoms with Gasteiger partial charge in [0.2, 0.25) is 0 Å². The minimum absolute atomic E-state index is 0.0671. The summed E-state index contributed by atoms with van der Waals surface area (Å²) < 4.78 is 65.4. The monoisotopic (exact) mass is 337 g/mol. The fraction of sp³-hybridized carbons (Fsp3) is 0.462. The summed E-state index contributed by atoms with van der Waals surface area (Å²) in [7, 11) is -3.88. The fourth-order valence-corrected chi connectivity index (χ4v) is 3.44. The molecule has 1 aliphatic rings. The zero-order valence-electron chi connectivity index (χ0n) is 11.8. The van der Waals surface area contributed by atoms with E-state index in [4.69, 9.17) is 4.84 Å². The summed E-state index contributed by atoms with van der Waals surface area (Å²) in [5.74, 6) is -1.19. The number of sulfone groups is 1. The average molecular weight is 337 g/mol. The molecule has 22 heavy (non-hydrogen) atoms. The van der Waals surface area contributed by atoms with Crippen molar-refractivity contribution in [1.29, 1.82) is 0 Å². The van der Waals surface area contributed by atoms with E-state index >= 15 is 0 Å². The summed E-state index contributed by atoms with van der Waals surface area (Å²) in [6, 6.07) is 5.09. The minimum Gasteiger partial charge on any atom is -0.405 e. The number of para-hydroxylation sites is 1. The zero-order chi connectivity index (χ0) is 16.6. The molecule has 0 N–H and O–H groups in total. The van der Waals surface area contributed by atoms with E-state index in [-0.39, 0.29) is 17.0 Å². The summed E-state index contributed by atoms with van der Waals surface area (Å²) in [5.41, 5.74) is -0.836. The number of hydrogen-bond donors (Lipinski definition) is 0. The Hall–Kier alpha value is -1.77. The van der Waals surface area contributed by atoms with Crippen LogP contribution >= 0.6 is 0 Å². The van der Waals surface area contributed by atoms with Crippen molar-refractivity contribution in [2.24, 2.45) is 5.16 Å². The molecule has 1 aliphatic heterocycles. The van der Waals surface area contributed by atoms with E-state index in [9.17, 15) is 21.6 Å². The molecule has 0 aliphatic carbocycles. The molecular formula is C13H14F3NO4S. The number of benzene rings is 1. The van der Waals surface area contributed by atoms with Crippen molar-refractivity contribution >= 4 is 14.9 Å². The van der Waals surface area contributed by atoms with Crippen LogP contribution in [0.25, 0.3) is 0 Å². The maximum atomic E-state index is 12.3. The molecule has 0 spiro atoms. The molecular weight excluding hydrogens is 323 g/mol. The first kappa shape index (κ1) is 16.6. The van der Waals surface area contributed by atoms with Crippen LogP contribution in [0.3, 0.4) is 0 Å². The fourth-order valence-electron chi connectivity index (χ4n) is 1.91. The lowest BCUT2D eigenvalue weighted by Crippen LogP contribution is -2.24. The third-order valence-corrected chi connectivity index (χ3v) is 4.50. The zero-order valence-corrected chi connectivity index (χ0v) is 12.7. The maximum Gasteiger partial charge on any atom is 0.573 e. The summed E-state index contributed by atoms with van der Waals surface area (Å²) in [6.45, 7) is 3.33. The molecule has 0 aromatic heterocycles. The number of nitrogens with zero attached hydrogens (tertiary/aromatic N) is 1. The lowest BCUT2D eigenvalue weighted by molar-refractivity contribution is -0.274. The lowest BCUT2D eigenvalue weighted by Gasteiger charge is -2.14. The van der Waals surface area contributed by atoms with Crippen LogP contribution in [0, 0.1) is 0 Å². The van der Waals surface area contributed by atoms with E-state index in [0.717, 1.165) is 6.07 Å². The van der Waals surface area contributed by atoms with Gasteiger partial charge in [0.25, 0.3) is 0 Å². The molecule has 122 valence electrons. The number of alkyl halides is 3. The summed E-state index contributed by atoms with van der Waals surface area (Å²) in [4.78, 5) is 4.99. The van der Waals surface area contributed by atoms with Gasteiger partial charge in [-0.1, -0.05) is 23.4 Å². The van der Waals surface area contributed by atoms with Crippen LogP contribution in [0.1, 0.15) is 25.8 Å². The Balaban J connectivity index is 2.24. The minimum atomic E-state index is -4.89. The Labute approximate surface area is 125 Å². The Bertz CT molecular complexity index is 695. The molecule has 0 atom stereocenters. The number of ether oxygens (including phenoxy) is 1. The number of rotatable bonds is 3. The van der Waals surface area contributed by atoms with Crippen molar-refractivity contribution < 1.29 is 31.2 Å². The van der Waals surface area contributed by atoms with E-state index in [0.29, 0.717) is 0 Å². The van der Waals surface area contributed by atoms with Crippen LogP contribution in [0.5, 0.6) is 5.75 Å². The van der Waals surface area contributed by atoms with Crippen LogP contribution < -0.4 is 4.74 Å². The van der Waals surface area contributed by atoms with E-state index in [1.165, 1.54) is 18.2 Å². The molecule has 0 bridgehead atoms. The van der Waals surface area contributed by atoms with Crippen molar-refractivity contribution in [2.45, 2.75) is 38.0 Å². The summed E-state index contributed by atoms with van der Waals surface area (Å²) >= 11 is 0. The van der Waals surface area contributed by atoms with Gasteiger partial charge in [-0.2, -0.15) is 0 Å². The highest BCUT2D eigenvalue weighted by molar-refractivity contribution is 8.05. The van der Waals surface area contributed by atoms with Crippen LogP contribution in [0.15, 0.2) is 29.4 Å². The molecule has 0 saturated carbocycles. The number of oxime groups is 1. The molecule has 0 amide bonds. The van der Waals surface area contributed by atoms with E-state index in [2.05, 4.69) is 9.89 Å². The highest BCUT2D eigenvalue weighted by Crippen LogP contribution is 2.30. The number of halogens is 3. The van der Waals surface area contributed by atoms with Crippen LogP contribution in [0.4, 0.5) is 13.2 Å². The average Bonchev–Trinajstić information content (AvgIpc) is 2.71. The van der Waals surface area contributed by atoms with Gasteiger partial charge in [-0.15, -0.1) is 13.2 Å².